The summed E-state index contributed by atoms with van der Waals surface area (Å²) in [6.45, 7) is 1.21. The number of allylic oxidation sites excluding steroid dienone is 1. The van der Waals surface area contributed by atoms with Crippen LogP contribution in [-0.4, -0.2) is 19.0 Å². The fraction of sp³-hybridized carbons (Fsp3) is 0.158. The van der Waals surface area contributed by atoms with Crippen molar-refractivity contribution >= 4 is 11.9 Å². The summed E-state index contributed by atoms with van der Waals surface area (Å²) >= 11 is 0. The maximum Gasteiger partial charge on any atom is 0.185 e. The number of benzene rings is 2. The lowest BCUT2D eigenvalue weighted by atomic mass is 10.1. The number of ketones is 1. The summed E-state index contributed by atoms with van der Waals surface area (Å²) in [4.78, 5) is 12.3. The van der Waals surface area contributed by atoms with E-state index in [9.17, 15) is 4.79 Å². The van der Waals surface area contributed by atoms with Gasteiger partial charge in [0.1, 0.15) is 0 Å². The van der Waals surface area contributed by atoms with Crippen LogP contribution in [-0.2, 0) is 0 Å². The molecule has 0 atom stereocenters. The molecule has 0 aliphatic carbocycles. The number of nitrogens with zero attached hydrogens (tertiary/aromatic N) is 1. The molecule has 0 spiro atoms. The van der Waals surface area contributed by atoms with Gasteiger partial charge in [0.05, 0.1) is 24.8 Å². The number of hydrogen-bond acceptors (Lipinski definition) is 4. The van der Waals surface area contributed by atoms with Crippen LogP contribution >= 0.6 is 0 Å². The van der Waals surface area contributed by atoms with E-state index in [0.29, 0.717) is 35.8 Å². The predicted molar refractivity (Wildman–Crippen MR) is 86.6 cm³/mol. The summed E-state index contributed by atoms with van der Waals surface area (Å²) in [5, 5.41) is 8.77. The normalized spacial score (nSPS) is 13.3. The van der Waals surface area contributed by atoms with Crippen molar-refractivity contribution in [2.45, 2.75) is 6.42 Å². The Kier molecular flexibility index (Phi) is 4.39. The lowest BCUT2D eigenvalue weighted by molar-refractivity contribution is 0.104. The van der Waals surface area contributed by atoms with Gasteiger partial charge >= 0.3 is 0 Å². The minimum atomic E-state index is -0.106. The minimum Gasteiger partial charge on any atom is -0.490 e. The fourth-order valence-electron chi connectivity index (χ4n) is 2.25. The van der Waals surface area contributed by atoms with E-state index in [4.69, 9.17) is 14.7 Å². The van der Waals surface area contributed by atoms with E-state index in [1.54, 1.807) is 48.5 Å². The van der Waals surface area contributed by atoms with Crippen molar-refractivity contribution in [3.8, 4) is 17.6 Å². The summed E-state index contributed by atoms with van der Waals surface area (Å²) in [6, 6.07) is 14.3. The quantitative estimate of drug-likeness (QED) is 0.642. The molecule has 3 rings (SSSR count). The first-order valence-electron chi connectivity index (χ1n) is 7.38. The van der Waals surface area contributed by atoms with Crippen molar-refractivity contribution in [3.05, 3.63) is 65.2 Å². The highest BCUT2D eigenvalue weighted by Gasteiger charge is 2.12. The van der Waals surface area contributed by atoms with Crippen LogP contribution in [0.15, 0.2) is 48.5 Å². The number of fused-ring (bicyclic) bond motifs is 1. The van der Waals surface area contributed by atoms with Gasteiger partial charge in [0.15, 0.2) is 17.3 Å². The van der Waals surface area contributed by atoms with E-state index in [-0.39, 0.29) is 5.78 Å². The smallest absolute Gasteiger partial charge is 0.185 e. The molecule has 0 unspecified atom stereocenters. The third-order valence-corrected chi connectivity index (χ3v) is 3.50. The van der Waals surface area contributed by atoms with Crippen molar-refractivity contribution in [1.82, 2.24) is 0 Å². The molecular formula is C19H15NO3. The van der Waals surface area contributed by atoms with Crippen LogP contribution in [0.4, 0.5) is 0 Å². The maximum atomic E-state index is 12.3. The molecule has 1 heterocycles. The highest BCUT2D eigenvalue weighted by Crippen LogP contribution is 2.30. The summed E-state index contributed by atoms with van der Waals surface area (Å²) in [5.41, 5.74) is 2.02. The average Bonchev–Trinajstić information content (AvgIpc) is 2.84. The third-order valence-electron chi connectivity index (χ3n) is 3.50. The van der Waals surface area contributed by atoms with Crippen molar-refractivity contribution in [3.63, 3.8) is 0 Å². The summed E-state index contributed by atoms with van der Waals surface area (Å²) < 4.78 is 11.1. The van der Waals surface area contributed by atoms with Crippen molar-refractivity contribution in [2.24, 2.45) is 0 Å². The van der Waals surface area contributed by atoms with Crippen LogP contribution in [0.3, 0.4) is 0 Å². The molecule has 114 valence electrons. The molecule has 4 heteroatoms. The lowest BCUT2D eigenvalue weighted by Crippen LogP contribution is -1.98. The number of carbonyl (C=O) groups excluding carboxylic acids is 1. The molecule has 1 aliphatic heterocycles. The Morgan fingerprint density at radius 1 is 1.04 bits per heavy atom. The molecule has 0 saturated heterocycles. The van der Waals surface area contributed by atoms with Crippen molar-refractivity contribution in [2.75, 3.05) is 13.2 Å². The molecule has 2 aromatic rings. The first-order chi connectivity index (χ1) is 11.3. The highest BCUT2D eigenvalue weighted by atomic mass is 16.5. The Balaban J connectivity index is 1.76. The Bertz CT molecular complexity index is 785. The van der Waals surface area contributed by atoms with Gasteiger partial charge in [-0.05, 0) is 42.0 Å². The van der Waals surface area contributed by atoms with E-state index in [1.165, 1.54) is 6.08 Å². The van der Waals surface area contributed by atoms with Crippen LogP contribution < -0.4 is 9.47 Å². The van der Waals surface area contributed by atoms with Crippen molar-refractivity contribution < 1.29 is 14.3 Å². The number of hydrogen-bond donors (Lipinski definition) is 0. The van der Waals surface area contributed by atoms with Gasteiger partial charge in [0, 0.05) is 12.0 Å². The third kappa shape index (κ3) is 3.58. The molecule has 1 aliphatic rings. The average molecular weight is 305 g/mol. The molecule has 0 fully saturated rings. The largest absolute Gasteiger partial charge is 0.490 e. The summed E-state index contributed by atoms with van der Waals surface area (Å²) in [5.74, 6) is 1.18. The number of nitriles is 1. The predicted octanol–water partition coefficient (Wildman–Crippen LogP) is 3.62. The molecular weight excluding hydrogens is 290 g/mol. The molecule has 0 bridgehead atoms. The van der Waals surface area contributed by atoms with Gasteiger partial charge < -0.3 is 9.47 Å². The molecule has 2 aromatic carbocycles. The molecule has 0 radical (unpaired) electrons. The van der Waals surface area contributed by atoms with E-state index >= 15 is 0 Å². The second-order valence-corrected chi connectivity index (χ2v) is 5.14. The summed E-state index contributed by atoms with van der Waals surface area (Å²) in [6.07, 6.45) is 4.07. The van der Waals surface area contributed by atoms with Crippen LogP contribution in [0.2, 0.25) is 0 Å². The van der Waals surface area contributed by atoms with Crippen LogP contribution in [0.25, 0.3) is 6.08 Å². The second kappa shape index (κ2) is 6.80. The molecule has 4 nitrogen and oxygen atoms in total. The van der Waals surface area contributed by atoms with Gasteiger partial charge in [-0.15, -0.1) is 0 Å². The Morgan fingerprint density at radius 3 is 2.52 bits per heavy atom. The first-order valence-corrected chi connectivity index (χ1v) is 7.38. The fourth-order valence-corrected chi connectivity index (χ4v) is 2.25. The van der Waals surface area contributed by atoms with E-state index in [2.05, 4.69) is 6.07 Å². The second-order valence-electron chi connectivity index (χ2n) is 5.14. The zero-order valence-electron chi connectivity index (χ0n) is 12.5. The standard InChI is InChI=1S/C19H15NO3/c20-13-15-4-2-14(3-5-15)6-8-17(21)16-7-9-18-19(12-16)23-11-1-10-22-18/h2-9,12H,1,10-11H2/b8-6+. The topological polar surface area (TPSA) is 59.3 Å². The van der Waals surface area contributed by atoms with Gasteiger partial charge in [-0.3, -0.25) is 4.79 Å². The number of rotatable bonds is 3. The van der Waals surface area contributed by atoms with Crippen LogP contribution in [0.1, 0.15) is 27.9 Å². The van der Waals surface area contributed by atoms with Gasteiger partial charge in [0.2, 0.25) is 0 Å². The SMILES string of the molecule is N#Cc1ccc(/C=C/C(=O)c2ccc3c(c2)OCCCO3)cc1. The minimum absolute atomic E-state index is 0.106. The number of ether oxygens (including phenoxy) is 2. The molecule has 23 heavy (non-hydrogen) atoms. The van der Waals surface area contributed by atoms with Gasteiger partial charge in [0.25, 0.3) is 0 Å². The van der Waals surface area contributed by atoms with E-state index < -0.39 is 0 Å². The zero-order chi connectivity index (χ0) is 16.1. The molecule has 0 aromatic heterocycles. The van der Waals surface area contributed by atoms with Gasteiger partial charge in [-0.25, -0.2) is 0 Å². The van der Waals surface area contributed by atoms with Crippen LogP contribution in [0.5, 0.6) is 11.5 Å². The van der Waals surface area contributed by atoms with Gasteiger partial charge in [-0.1, -0.05) is 18.2 Å². The highest BCUT2D eigenvalue weighted by molar-refractivity contribution is 6.07. The van der Waals surface area contributed by atoms with Crippen molar-refractivity contribution in [1.29, 1.82) is 5.26 Å². The lowest BCUT2D eigenvalue weighted by Gasteiger charge is -2.07. The van der Waals surface area contributed by atoms with E-state index in [1.807, 2.05) is 0 Å². The Hall–Kier alpha value is -3.06. The van der Waals surface area contributed by atoms with Crippen LogP contribution in [0, 0.1) is 11.3 Å². The maximum absolute atomic E-state index is 12.3. The molecule has 0 N–H and O–H groups in total. The Morgan fingerprint density at radius 2 is 1.78 bits per heavy atom. The number of carbonyl (C=O) groups is 1. The monoisotopic (exact) mass is 305 g/mol. The zero-order valence-corrected chi connectivity index (χ0v) is 12.5. The Labute approximate surface area is 134 Å². The summed E-state index contributed by atoms with van der Waals surface area (Å²) in [7, 11) is 0. The van der Waals surface area contributed by atoms with Gasteiger partial charge in [-0.2, -0.15) is 5.26 Å². The van der Waals surface area contributed by atoms with E-state index in [0.717, 1.165) is 12.0 Å². The molecule has 0 amide bonds. The molecule has 0 saturated carbocycles. The first kappa shape index (κ1) is 14.9.